The van der Waals surface area contributed by atoms with Crippen molar-refractivity contribution in [2.75, 3.05) is 12.4 Å². The number of carbonyl (C=O) groups excluding carboxylic acids is 2. The SMILES string of the molecule is [2H]C1(NC(=O)OC)CCC(n2c(=O)n(C([2H])([2H])[2H])c3cnc(Nc4ccc5c(C(C)(C)O)nc(C6(C(N)=O)CC(F)C6)n5n4)cc32)C1. The van der Waals surface area contributed by atoms with Crippen molar-refractivity contribution >= 4 is 40.2 Å². The quantitative estimate of drug-likeness (QED) is 0.247. The molecular formula is C28H34FN9O5. The third kappa shape index (κ3) is 4.67. The lowest BCUT2D eigenvalue weighted by Crippen LogP contribution is -2.53. The molecule has 4 aromatic rings. The number of aliphatic hydroxyl groups is 1. The molecule has 43 heavy (non-hydrogen) atoms. The summed E-state index contributed by atoms with van der Waals surface area (Å²) < 4.78 is 54.7. The first-order valence-corrected chi connectivity index (χ1v) is 13.7. The number of carbonyl (C=O) groups is 2. The number of aromatic nitrogens is 6. The van der Waals surface area contributed by atoms with Gasteiger partial charge >= 0.3 is 11.8 Å². The first-order chi connectivity index (χ1) is 21.9. The van der Waals surface area contributed by atoms with Crippen LogP contribution in [0.3, 0.4) is 0 Å². The van der Waals surface area contributed by atoms with Crippen LogP contribution in [0, 0.1) is 0 Å². The van der Waals surface area contributed by atoms with E-state index >= 15 is 0 Å². The summed E-state index contributed by atoms with van der Waals surface area (Å²) in [5.74, 6) is -0.319. The first-order valence-electron chi connectivity index (χ1n) is 15.7. The molecule has 4 aromatic heterocycles. The van der Waals surface area contributed by atoms with Gasteiger partial charge in [0.25, 0.3) is 0 Å². The molecule has 0 saturated heterocycles. The van der Waals surface area contributed by atoms with Crippen molar-refractivity contribution in [3.05, 3.63) is 46.4 Å². The molecule has 14 nitrogen and oxygen atoms in total. The Morgan fingerprint density at radius 3 is 2.67 bits per heavy atom. The van der Waals surface area contributed by atoms with Crippen LogP contribution in [0.1, 0.15) is 69.0 Å². The summed E-state index contributed by atoms with van der Waals surface area (Å²) in [7, 11) is 1.18. The van der Waals surface area contributed by atoms with Gasteiger partial charge < -0.3 is 26.2 Å². The standard InChI is InChI=1S/C28H34FN9O5/c1-27(2,42)22-17-7-8-20(35-38(17)24(34-22)28(23(30)39)11-14(29)12-28)33-21-10-18-19(13-31-21)36(3)26(41)37(18)16-6-5-15(9-16)32-25(40)43-4/h7-8,10,13-16,42H,5-6,9,11-12H2,1-4H3,(H2,30,39)(H,32,40)(H,31,33,35)/i3D3,15D. The molecule has 0 radical (unpaired) electrons. The number of nitrogens with one attached hydrogen (secondary N) is 2. The number of hydrogen-bond donors (Lipinski definition) is 4. The largest absolute Gasteiger partial charge is 0.453 e. The number of nitrogens with two attached hydrogens (primary N) is 1. The molecule has 4 heterocycles. The van der Waals surface area contributed by atoms with Crippen LogP contribution >= 0.6 is 0 Å². The number of methoxy groups -OCH3 is 1. The van der Waals surface area contributed by atoms with Gasteiger partial charge in [0.2, 0.25) is 5.91 Å². The second-order valence-electron chi connectivity index (χ2n) is 11.6. The Balaban J connectivity index is 1.43. The Bertz CT molecular complexity index is 1980. The number of anilines is 2. The molecule has 15 heteroatoms. The molecule has 2 fully saturated rings. The molecule has 2 aliphatic carbocycles. The number of fused-ring (bicyclic) bond motifs is 2. The van der Waals surface area contributed by atoms with Crippen molar-refractivity contribution in [2.24, 2.45) is 12.7 Å². The summed E-state index contributed by atoms with van der Waals surface area (Å²) in [6, 6.07) is 2.59. The molecule has 2 saturated carbocycles. The number of aryl methyl sites for hydroxylation is 1. The zero-order valence-corrected chi connectivity index (χ0v) is 23.7. The maximum atomic E-state index is 14.1. The highest BCUT2D eigenvalue weighted by molar-refractivity contribution is 5.87. The third-order valence-electron chi connectivity index (χ3n) is 8.22. The van der Waals surface area contributed by atoms with Crippen LogP contribution in [0.15, 0.2) is 29.2 Å². The Morgan fingerprint density at radius 1 is 1.26 bits per heavy atom. The van der Waals surface area contributed by atoms with Gasteiger partial charge in [-0.3, -0.25) is 13.9 Å². The van der Waals surface area contributed by atoms with E-state index in [1.807, 2.05) is 0 Å². The highest BCUT2D eigenvalue weighted by atomic mass is 19.1. The lowest BCUT2D eigenvalue weighted by molar-refractivity contribution is -0.129. The van der Waals surface area contributed by atoms with Crippen molar-refractivity contribution in [1.82, 2.24) is 34.0 Å². The molecular weight excluding hydrogens is 561 g/mol. The number of amides is 2. The van der Waals surface area contributed by atoms with Gasteiger partial charge in [0, 0.05) is 42.1 Å². The van der Waals surface area contributed by atoms with E-state index in [1.165, 1.54) is 42.3 Å². The number of hydrogen-bond acceptors (Lipinski definition) is 9. The van der Waals surface area contributed by atoms with Crippen LogP contribution in [-0.2, 0) is 27.5 Å². The molecule has 0 bridgehead atoms. The van der Waals surface area contributed by atoms with Crippen molar-refractivity contribution in [1.29, 1.82) is 0 Å². The second kappa shape index (κ2) is 10.0. The summed E-state index contributed by atoms with van der Waals surface area (Å²) in [4.78, 5) is 46.9. The van der Waals surface area contributed by atoms with E-state index in [4.69, 9.17) is 11.2 Å². The maximum absolute atomic E-state index is 14.1. The van der Waals surface area contributed by atoms with Crippen molar-refractivity contribution in [3.63, 3.8) is 0 Å². The average molecular weight is 600 g/mol. The minimum absolute atomic E-state index is 0.0136. The normalized spacial score (nSPS) is 27.2. The molecule has 2 atom stereocenters. The summed E-state index contributed by atoms with van der Waals surface area (Å²) in [6.07, 6.45) is -0.675. The van der Waals surface area contributed by atoms with Gasteiger partial charge in [0.15, 0.2) is 5.82 Å². The molecule has 2 amide bonds. The fraction of sp³-hybridized carbons (Fsp3) is 0.500. The Kier molecular flexibility index (Phi) is 5.59. The number of alkyl halides is 1. The molecule has 2 aliphatic rings. The van der Waals surface area contributed by atoms with E-state index in [1.54, 1.807) is 12.1 Å². The summed E-state index contributed by atoms with van der Waals surface area (Å²) >= 11 is 0. The maximum Gasteiger partial charge on any atom is 0.407 e. The molecule has 228 valence electrons. The fourth-order valence-electron chi connectivity index (χ4n) is 6.02. The summed E-state index contributed by atoms with van der Waals surface area (Å²) in [5.41, 5.74) is 2.88. The Hall–Kier alpha value is -4.53. The zero-order valence-electron chi connectivity index (χ0n) is 27.7. The zero-order chi connectivity index (χ0) is 34.3. The highest BCUT2D eigenvalue weighted by Crippen LogP contribution is 2.46. The van der Waals surface area contributed by atoms with Gasteiger partial charge in [0.05, 0.1) is 36.9 Å². The predicted molar refractivity (Wildman–Crippen MR) is 154 cm³/mol. The summed E-state index contributed by atoms with van der Waals surface area (Å²) in [6.45, 7) is 0.203. The highest BCUT2D eigenvalue weighted by Gasteiger charge is 2.54. The molecule has 0 aliphatic heterocycles. The van der Waals surface area contributed by atoms with Gasteiger partial charge in [-0.05, 0) is 45.2 Å². The van der Waals surface area contributed by atoms with Crippen molar-refractivity contribution in [3.8, 4) is 0 Å². The lowest BCUT2D eigenvalue weighted by atomic mass is 9.66. The number of rotatable bonds is 7. The molecule has 0 aromatic carbocycles. The Morgan fingerprint density at radius 2 is 2.02 bits per heavy atom. The van der Waals surface area contributed by atoms with Gasteiger partial charge in [-0.2, -0.15) is 0 Å². The van der Waals surface area contributed by atoms with Crippen LogP contribution in [0.4, 0.5) is 20.8 Å². The van der Waals surface area contributed by atoms with E-state index in [0.717, 1.165) is 0 Å². The summed E-state index contributed by atoms with van der Waals surface area (Å²) in [5, 5.41) is 20.9. The minimum atomic E-state index is -2.84. The number of imidazole rings is 2. The molecule has 0 spiro atoms. The number of alkyl carbamates (subject to hydrolysis) is 1. The second-order valence-corrected chi connectivity index (χ2v) is 11.6. The molecule has 2 unspecified atom stereocenters. The van der Waals surface area contributed by atoms with E-state index < -0.39 is 53.9 Å². The van der Waals surface area contributed by atoms with E-state index in [0.29, 0.717) is 16.5 Å². The predicted octanol–water partition coefficient (Wildman–Crippen LogP) is 2.05. The smallest absolute Gasteiger partial charge is 0.407 e. The molecule has 5 N–H and O–H groups in total. The van der Waals surface area contributed by atoms with Gasteiger partial charge in [-0.25, -0.2) is 28.5 Å². The van der Waals surface area contributed by atoms with Gasteiger partial charge in [-0.1, -0.05) is 0 Å². The minimum Gasteiger partial charge on any atom is -0.453 e. The number of primary amides is 1. The monoisotopic (exact) mass is 599 g/mol. The topological polar surface area (TPSA) is 184 Å². The van der Waals surface area contributed by atoms with Gasteiger partial charge in [-0.15, -0.1) is 5.10 Å². The first kappa shape index (κ1) is 24.0. The lowest BCUT2D eigenvalue weighted by Gasteiger charge is -2.39. The van der Waals surface area contributed by atoms with E-state index in [-0.39, 0.29) is 59.9 Å². The average Bonchev–Trinajstić information content (AvgIpc) is 3.61. The number of ether oxygens (including phenoxy) is 1. The third-order valence-corrected chi connectivity index (χ3v) is 8.22. The number of nitrogens with zero attached hydrogens (tertiary/aromatic N) is 6. The fourth-order valence-corrected chi connectivity index (χ4v) is 6.02. The van der Waals surface area contributed by atoms with Gasteiger partial charge in [0.1, 0.15) is 28.8 Å². The van der Waals surface area contributed by atoms with Crippen LogP contribution < -0.4 is 22.1 Å². The Labute approximate surface area is 250 Å². The van der Waals surface area contributed by atoms with Crippen LogP contribution in [0.25, 0.3) is 16.6 Å². The van der Waals surface area contributed by atoms with E-state index in [2.05, 4.69) is 30.4 Å². The van der Waals surface area contributed by atoms with Crippen LogP contribution in [-0.4, -0.2) is 65.1 Å². The van der Waals surface area contributed by atoms with Crippen molar-refractivity contribution < 1.29 is 29.3 Å². The molecule has 6 rings (SSSR count). The van der Waals surface area contributed by atoms with Crippen molar-refractivity contribution in [2.45, 2.75) is 75.2 Å². The number of pyridine rings is 1. The van der Waals surface area contributed by atoms with Crippen LogP contribution in [0.2, 0.25) is 0 Å². The van der Waals surface area contributed by atoms with Crippen LogP contribution in [0.5, 0.6) is 0 Å². The number of halogens is 1. The van der Waals surface area contributed by atoms with E-state index in [9.17, 15) is 23.9 Å².